The summed E-state index contributed by atoms with van der Waals surface area (Å²) in [5.74, 6) is 0.0504. The lowest BCUT2D eigenvalue weighted by atomic mass is 9.89. The number of nitrogens with two attached hydrogens (primary N) is 1. The number of rotatable bonds is 6. The summed E-state index contributed by atoms with van der Waals surface area (Å²) in [7, 11) is 0. The first-order valence-electron chi connectivity index (χ1n) is 7.83. The molecule has 1 aliphatic carbocycles. The Labute approximate surface area is 116 Å². The Kier molecular flexibility index (Phi) is 4.85. The van der Waals surface area contributed by atoms with Gasteiger partial charge in [-0.05, 0) is 64.0 Å². The van der Waals surface area contributed by atoms with Gasteiger partial charge in [0.15, 0.2) is 0 Å². The molecule has 0 aromatic rings. The quantitative estimate of drug-likeness (QED) is 0.775. The fraction of sp³-hybridized carbons (Fsp3) is 0.933. The molecule has 110 valence electrons. The molecule has 3 atom stereocenters. The van der Waals surface area contributed by atoms with Crippen LogP contribution in [0.15, 0.2) is 0 Å². The second kappa shape index (κ2) is 6.23. The van der Waals surface area contributed by atoms with Crippen molar-refractivity contribution in [3.05, 3.63) is 0 Å². The highest BCUT2D eigenvalue weighted by Gasteiger charge is 2.35. The average Bonchev–Trinajstić information content (AvgIpc) is 2.87. The van der Waals surface area contributed by atoms with E-state index in [2.05, 4.69) is 4.90 Å². The van der Waals surface area contributed by atoms with Gasteiger partial charge in [0, 0.05) is 6.04 Å². The summed E-state index contributed by atoms with van der Waals surface area (Å²) in [6.45, 7) is 4.08. The largest absolute Gasteiger partial charge is 0.480 e. The van der Waals surface area contributed by atoms with E-state index in [-0.39, 0.29) is 0 Å². The first-order valence-corrected chi connectivity index (χ1v) is 7.83. The molecule has 0 radical (unpaired) electrons. The summed E-state index contributed by atoms with van der Waals surface area (Å²) in [5.41, 5.74) is 4.92. The van der Waals surface area contributed by atoms with Crippen molar-refractivity contribution in [2.45, 2.75) is 69.9 Å². The molecule has 4 nitrogen and oxygen atoms in total. The normalized spacial score (nSPS) is 30.8. The van der Waals surface area contributed by atoms with Gasteiger partial charge >= 0.3 is 5.97 Å². The molecule has 4 heteroatoms. The third-order valence-electron chi connectivity index (χ3n) is 5.23. The molecule has 2 fully saturated rings. The van der Waals surface area contributed by atoms with Gasteiger partial charge in [-0.1, -0.05) is 13.3 Å². The lowest BCUT2D eigenvalue weighted by Gasteiger charge is -2.38. The van der Waals surface area contributed by atoms with Gasteiger partial charge in [-0.2, -0.15) is 0 Å². The minimum absolute atomic E-state index is 0.508. The van der Waals surface area contributed by atoms with E-state index in [9.17, 15) is 9.90 Å². The predicted octanol–water partition coefficient (Wildman–Crippen LogP) is 2.22. The third-order valence-corrected chi connectivity index (χ3v) is 5.23. The van der Waals surface area contributed by atoms with Crippen molar-refractivity contribution in [1.29, 1.82) is 0 Å². The Morgan fingerprint density at radius 3 is 2.79 bits per heavy atom. The standard InChI is InChI=1S/C15H28N2O2/c1-2-15(16,14(18)19)9-5-11-17-10-4-7-12-6-3-8-13(12)17/h12-13H,2-11,16H2,1H3,(H,18,19). The van der Waals surface area contributed by atoms with E-state index in [4.69, 9.17) is 5.73 Å². The van der Waals surface area contributed by atoms with Crippen LogP contribution >= 0.6 is 0 Å². The van der Waals surface area contributed by atoms with Crippen LogP contribution in [-0.2, 0) is 4.79 Å². The molecule has 19 heavy (non-hydrogen) atoms. The lowest BCUT2D eigenvalue weighted by Crippen LogP contribution is -2.48. The zero-order valence-corrected chi connectivity index (χ0v) is 12.1. The molecule has 2 rings (SSSR count). The Hall–Kier alpha value is -0.610. The van der Waals surface area contributed by atoms with Crippen molar-refractivity contribution in [2.24, 2.45) is 11.7 Å². The minimum atomic E-state index is -1.02. The fourth-order valence-corrected chi connectivity index (χ4v) is 3.87. The highest BCUT2D eigenvalue weighted by molar-refractivity contribution is 5.78. The van der Waals surface area contributed by atoms with E-state index >= 15 is 0 Å². The number of likely N-dealkylation sites (tertiary alicyclic amines) is 1. The maximum Gasteiger partial charge on any atom is 0.323 e. The molecule has 0 aromatic carbocycles. The van der Waals surface area contributed by atoms with Crippen LogP contribution in [0.25, 0.3) is 0 Å². The van der Waals surface area contributed by atoms with Crippen molar-refractivity contribution in [3.8, 4) is 0 Å². The van der Waals surface area contributed by atoms with Gasteiger partial charge in [-0.15, -0.1) is 0 Å². The van der Waals surface area contributed by atoms with E-state index in [1.54, 1.807) is 0 Å². The number of carboxylic acids is 1. The minimum Gasteiger partial charge on any atom is -0.480 e. The SMILES string of the molecule is CCC(N)(CCCN1CCCC2CCCC21)C(=O)O. The van der Waals surface area contributed by atoms with Crippen molar-refractivity contribution < 1.29 is 9.90 Å². The monoisotopic (exact) mass is 268 g/mol. The topological polar surface area (TPSA) is 66.6 Å². The zero-order valence-electron chi connectivity index (χ0n) is 12.1. The molecule has 1 saturated carbocycles. The molecule has 3 unspecified atom stereocenters. The molecule has 1 heterocycles. The average molecular weight is 268 g/mol. The van der Waals surface area contributed by atoms with Gasteiger partial charge in [0.05, 0.1) is 0 Å². The van der Waals surface area contributed by atoms with Crippen LogP contribution in [0.5, 0.6) is 0 Å². The summed E-state index contributed by atoms with van der Waals surface area (Å²) in [5, 5.41) is 9.18. The maximum absolute atomic E-state index is 11.2. The summed E-state index contributed by atoms with van der Waals surface area (Å²) >= 11 is 0. The number of carboxylic acid groups (broad SMARTS) is 1. The van der Waals surface area contributed by atoms with Crippen LogP contribution in [0, 0.1) is 5.92 Å². The van der Waals surface area contributed by atoms with Crippen LogP contribution in [0.2, 0.25) is 0 Å². The summed E-state index contributed by atoms with van der Waals surface area (Å²) < 4.78 is 0. The van der Waals surface area contributed by atoms with Gasteiger partial charge in [-0.25, -0.2) is 0 Å². The Morgan fingerprint density at radius 1 is 1.37 bits per heavy atom. The number of aliphatic carboxylic acids is 1. The highest BCUT2D eigenvalue weighted by Crippen LogP contribution is 2.36. The van der Waals surface area contributed by atoms with Gasteiger partial charge in [0.25, 0.3) is 0 Å². The van der Waals surface area contributed by atoms with Crippen LogP contribution in [0.4, 0.5) is 0 Å². The molecular weight excluding hydrogens is 240 g/mol. The second-order valence-corrected chi connectivity index (χ2v) is 6.35. The van der Waals surface area contributed by atoms with Gasteiger partial charge in [0.1, 0.15) is 5.54 Å². The number of hydrogen-bond donors (Lipinski definition) is 2. The van der Waals surface area contributed by atoms with Crippen molar-refractivity contribution >= 4 is 5.97 Å². The number of piperidine rings is 1. The molecule has 1 saturated heterocycles. The van der Waals surface area contributed by atoms with Gasteiger partial charge in [0.2, 0.25) is 0 Å². The molecule has 3 N–H and O–H groups in total. The molecule has 0 aromatic heterocycles. The molecule has 0 amide bonds. The van der Waals surface area contributed by atoms with Gasteiger partial charge < -0.3 is 15.7 Å². The number of fused-ring (bicyclic) bond motifs is 1. The van der Waals surface area contributed by atoms with E-state index in [1.165, 1.54) is 38.6 Å². The summed E-state index contributed by atoms with van der Waals surface area (Å²) in [6.07, 6.45) is 8.81. The van der Waals surface area contributed by atoms with Crippen LogP contribution < -0.4 is 5.73 Å². The Morgan fingerprint density at radius 2 is 2.11 bits per heavy atom. The molecule has 0 spiro atoms. The van der Waals surface area contributed by atoms with E-state index in [0.717, 1.165) is 24.9 Å². The maximum atomic E-state index is 11.2. The molecule has 0 bridgehead atoms. The van der Waals surface area contributed by atoms with Crippen molar-refractivity contribution in [3.63, 3.8) is 0 Å². The Balaban J connectivity index is 1.80. The Bertz CT molecular complexity index is 321. The first-order chi connectivity index (χ1) is 9.07. The van der Waals surface area contributed by atoms with Crippen molar-refractivity contribution in [1.82, 2.24) is 4.90 Å². The second-order valence-electron chi connectivity index (χ2n) is 6.35. The molecule has 1 aliphatic heterocycles. The zero-order chi connectivity index (χ0) is 13.9. The smallest absolute Gasteiger partial charge is 0.323 e. The highest BCUT2D eigenvalue weighted by atomic mass is 16.4. The number of hydrogen-bond acceptors (Lipinski definition) is 3. The summed E-state index contributed by atoms with van der Waals surface area (Å²) in [6, 6.07) is 0.771. The van der Waals surface area contributed by atoms with Crippen LogP contribution in [-0.4, -0.2) is 40.6 Å². The number of nitrogens with zero attached hydrogens (tertiary/aromatic N) is 1. The summed E-state index contributed by atoms with van der Waals surface area (Å²) in [4.78, 5) is 13.8. The predicted molar refractivity (Wildman–Crippen MR) is 76.0 cm³/mol. The fourth-order valence-electron chi connectivity index (χ4n) is 3.87. The van der Waals surface area contributed by atoms with Crippen LogP contribution in [0.3, 0.4) is 0 Å². The molecular formula is C15H28N2O2. The van der Waals surface area contributed by atoms with Crippen molar-refractivity contribution in [2.75, 3.05) is 13.1 Å². The van der Waals surface area contributed by atoms with Gasteiger partial charge in [-0.3, -0.25) is 4.79 Å². The van der Waals surface area contributed by atoms with Crippen LogP contribution in [0.1, 0.15) is 58.3 Å². The molecule has 2 aliphatic rings. The lowest BCUT2D eigenvalue weighted by molar-refractivity contribution is -0.143. The third kappa shape index (κ3) is 3.29. The van der Waals surface area contributed by atoms with E-state index in [1.807, 2.05) is 6.92 Å². The first kappa shape index (κ1) is 14.8. The van der Waals surface area contributed by atoms with E-state index in [0.29, 0.717) is 12.8 Å². The number of carbonyl (C=O) groups is 1. The van der Waals surface area contributed by atoms with E-state index < -0.39 is 11.5 Å².